The van der Waals surface area contributed by atoms with E-state index in [2.05, 4.69) is 0 Å². The van der Waals surface area contributed by atoms with Gasteiger partial charge in [-0.2, -0.15) is 0 Å². The molecule has 1 fully saturated rings. The summed E-state index contributed by atoms with van der Waals surface area (Å²) >= 11 is 0. The summed E-state index contributed by atoms with van der Waals surface area (Å²) in [6.45, 7) is 5.06. The highest BCUT2D eigenvalue weighted by Gasteiger charge is 2.46. The van der Waals surface area contributed by atoms with E-state index in [1.54, 1.807) is 19.2 Å². The Morgan fingerprint density at radius 3 is 2.76 bits per heavy atom. The third kappa shape index (κ3) is 4.33. The number of carbonyl (C=O) groups excluding carboxylic acids is 2. The number of fused-ring (bicyclic) bond motifs is 1. The highest BCUT2D eigenvalue weighted by atomic mass is 16.5. The molecule has 0 saturated carbocycles. The van der Waals surface area contributed by atoms with Gasteiger partial charge in [-0.3, -0.25) is 9.59 Å². The second-order valence-corrected chi connectivity index (χ2v) is 8.26. The molecule has 0 aromatic heterocycles. The molecule has 2 aliphatic rings. The first-order valence-electron chi connectivity index (χ1n) is 11.2. The lowest BCUT2D eigenvalue weighted by atomic mass is 9.94. The van der Waals surface area contributed by atoms with Gasteiger partial charge in [-0.15, -0.1) is 0 Å². The van der Waals surface area contributed by atoms with Crippen molar-refractivity contribution in [2.24, 2.45) is 0 Å². The standard InChI is InChI=1S/C26H29NO6/c1-4-32-21-9-6-5-8-19(21)23-22(25(29)26(30)27(23)12-7-13-31-3)24(28)17-10-11-20-18(15-17)14-16(2)33-20/h5-6,8-11,15-16,23,28H,4,7,12-14H2,1-3H3/b24-22+. The van der Waals surface area contributed by atoms with E-state index < -0.39 is 17.7 Å². The number of hydrogen-bond donors (Lipinski definition) is 1. The summed E-state index contributed by atoms with van der Waals surface area (Å²) in [5.41, 5.74) is 2.18. The maximum atomic E-state index is 13.2. The van der Waals surface area contributed by atoms with Gasteiger partial charge in [0.1, 0.15) is 23.4 Å². The third-order valence-corrected chi connectivity index (χ3v) is 5.97. The number of aliphatic hydroxyl groups excluding tert-OH is 1. The number of carbonyl (C=O) groups is 2. The summed E-state index contributed by atoms with van der Waals surface area (Å²) in [6, 6.07) is 11.9. The number of aliphatic hydroxyl groups is 1. The van der Waals surface area contributed by atoms with Crippen molar-refractivity contribution >= 4 is 17.4 Å². The maximum absolute atomic E-state index is 13.2. The van der Waals surface area contributed by atoms with Crippen molar-refractivity contribution in [2.45, 2.75) is 38.8 Å². The van der Waals surface area contributed by atoms with Crippen LogP contribution in [0.1, 0.15) is 43.0 Å². The largest absolute Gasteiger partial charge is 0.507 e. The Labute approximate surface area is 193 Å². The van der Waals surface area contributed by atoms with Crippen LogP contribution in [0.25, 0.3) is 5.76 Å². The molecule has 0 spiro atoms. The number of methoxy groups -OCH3 is 1. The predicted molar refractivity (Wildman–Crippen MR) is 123 cm³/mol. The minimum atomic E-state index is -0.756. The van der Waals surface area contributed by atoms with Crippen LogP contribution < -0.4 is 9.47 Å². The molecule has 2 aromatic carbocycles. The van der Waals surface area contributed by atoms with Crippen LogP contribution in [0.4, 0.5) is 0 Å². The summed E-state index contributed by atoms with van der Waals surface area (Å²) in [7, 11) is 1.59. The van der Waals surface area contributed by atoms with Crippen LogP contribution in [0.5, 0.6) is 11.5 Å². The Balaban J connectivity index is 1.83. The van der Waals surface area contributed by atoms with Crippen molar-refractivity contribution in [2.75, 3.05) is 26.9 Å². The van der Waals surface area contributed by atoms with Crippen molar-refractivity contribution < 1.29 is 28.9 Å². The highest BCUT2D eigenvalue weighted by molar-refractivity contribution is 6.46. The monoisotopic (exact) mass is 451 g/mol. The first kappa shape index (κ1) is 22.9. The van der Waals surface area contributed by atoms with Crippen molar-refractivity contribution in [1.82, 2.24) is 4.90 Å². The number of amides is 1. The zero-order chi connectivity index (χ0) is 23.5. The number of rotatable bonds is 8. The zero-order valence-corrected chi connectivity index (χ0v) is 19.2. The average molecular weight is 452 g/mol. The molecule has 0 aliphatic carbocycles. The van der Waals surface area contributed by atoms with Crippen LogP contribution >= 0.6 is 0 Å². The first-order valence-corrected chi connectivity index (χ1v) is 11.2. The van der Waals surface area contributed by atoms with E-state index in [0.717, 1.165) is 17.7 Å². The number of para-hydroxylation sites is 1. The Kier molecular flexibility index (Phi) is 6.70. The molecule has 2 aliphatic heterocycles. The third-order valence-electron chi connectivity index (χ3n) is 5.97. The molecule has 2 atom stereocenters. The van der Waals surface area contributed by atoms with E-state index in [1.165, 1.54) is 4.90 Å². The molecular formula is C26H29NO6. The minimum absolute atomic E-state index is 0.0573. The highest BCUT2D eigenvalue weighted by Crippen LogP contribution is 2.43. The molecule has 0 radical (unpaired) electrons. The molecule has 4 rings (SSSR count). The second-order valence-electron chi connectivity index (χ2n) is 8.26. The lowest BCUT2D eigenvalue weighted by Crippen LogP contribution is -2.31. The summed E-state index contributed by atoms with van der Waals surface area (Å²) < 4.78 is 16.7. The molecule has 1 saturated heterocycles. The van der Waals surface area contributed by atoms with E-state index in [9.17, 15) is 14.7 Å². The quantitative estimate of drug-likeness (QED) is 0.284. The topological polar surface area (TPSA) is 85.3 Å². The Bertz CT molecular complexity index is 1090. The second kappa shape index (κ2) is 9.67. The maximum Gasteiger partial charge on any atom is 0.295 e. The van der Waals surface area contributed by atoms with Crippen LogP contribution in [0.2, 0.25) is 0 Å². The molecule has 2 aromatic rings. The van der Waals surface area contributed by atoms with Gasteiger partial charge < -0.3 is 24.2 Å². The number of likely N-dealkylation sites (tertiary alicyclic amines) is 1. The van der Waals surface area contributed by atoms with Gasteiger partial charge in [0.2, 0.25) is 0 Å². The van der Waals surface area contributed by atoms with Crippen molar-refractivity contribution in [3.63, 3.8) is 0 Å². The Hall–Kier alpha value is -3.32. The minimum Gasteiger partial charge on any atom is -0.507 e. The smallest absolute Gasteiger partial charge is 0.295 e. The number of Topliss-reactive ketones (excluding diaryl/α,β-unsaturated/α-hetero) is 1. The average Bonchev–Trinajstić information content (AvgIpc) is 3.30. The van der Waals surface area contributed by atoms with E-state index >= 15 is 0 Å². The predicted octanol–water partition coefficient (Wildman–Crippen LogP) is 3.87. The first-order chi connectivity index (χ1) is 16.0. The Morgan fingerprint density at radius 2 is 2.00 bits per heavy atom. The van der Waals surface area contributed by atoms with Crippen molar-refractivity contribution in [1.29, 1.82) is 0 Å². The van der Waals surface area contributed by atoms with Gasteiger partial charge in [-0.1, -0.05) is 18.2 Å². The lowest BCUT2D eigenvalue weighted by Gasteiger charge is -2.26. The fourth-order valence-corrected chi connectivity index (χ4v) is 4.53. The van der Waals surface area contributed by atoms with Crippen LogP contribution in [-0.2, 0) is 20.7 Å². The summed E-state index contributed by atoms with van der Waals surface area (Å²) in [5.74, 6) is -0.183. The van der Waals surface area contributed by atoms with E-state index in [1.807, 2.05) is 44.2 Å². The van der Waals surface area contributed by atoms with Crippen molar-refractivity contribution in [3.8, 4) is 11.5 Å². The molecule has 174 valence electrons. The number of ether oxygens (including phenoxy) is 3. The number of benzene rings is 2. The molecule has 0 bridgehead atoms. The van der Waals surface area contributed by atoms with Gasteiger partial charge in [0.05, 0.1) is 18.2 Å². The molecule has 7 nitrogen and oxygen atoms in total. The zero-order valence-electron chi connectivity index (χ0n) is 19.2. The summed E-state index contributed by atoms with van der Waals surface area (Å²) in [6.07, 6.45) is 1.34. The summed E-state index contributed by atoms with van der Waals surface area (Å²) in [5, 5.41) is 11.3. The lowest BCUT2D eigenvalue weighted by molar-refractivity contribution is -0.140. The van der Waals surface area contributed by atoms with Gasteiger partial charge in [0.15, 0.2) is 0 Å². The number of hydrogen-bond acceptors (Lipinski definition) is 6. The fourth-order valence-electron chi connectivity index (χ4n) is 4.53. The number of nitrogens with zero attached hydrogens (tertiary/aromatic N) is 1. The van der Waals surface area contributed by atoms with E-state index in [-0.39, 0.29) is 17.4 Å². The SMILES string of the molecule is CCOc1ccccc1C1/C(=C(\O)c2ccc3c(c2)CC(C)O3)C(=O)C(=O)N1CCCOC. The van der Waals surface area contributed by atoms with Crippen molar-refractivity contribution in [3.05, 3.63) is 64.7 Å². The molecule has 1 amide bonds. The van der Waals surface area contributed by atoms with Gasteiger partial charge in [0, 0.05) is 37.8 Å². The Morgan fingerprint density at radius 1 is 1.21 bits per heavy atom. The van der Waals surface area contributed by atoms with Crippen LogP contribution in [0, 0.1) is 0 Å². The molecule has 33 heavy (non-hydrogen) atoms. The van der Waals surface area contributed by atoms with E-state index in [4.69, 9.17) is 14.2 Å². The van der Waals surface area contributed by atoms with E-state index in [0.29, 0.717) is 43.1 Å². The molecule has 7 heteroatoms. The molecular weight excluding hydrogens is 422 g/mol. The number of ketones is 1. The van der Waals surface area contributed by atoms with Gasteiger partial charge in [0.25, 0.3) is 11.7 Å². The van der Waals surface area contributed by atoms with Crippen LogP contribution in [-0.4, -0.2) is 54.7 Å². The van der Waals surface area contributed by atoms with Crippen LogP contribution in [0.15, 0.2) is 48.0 Å². The molecule has 2 heterocycles. The van der Waals surface area contributed by atoms with Gasteiger partial charge in [-0.25, -0.2) is 0 Å². The summed E-state index contributed by atoms with van der Waals surface area (Å²) in [4.78, 5) is 27.8. The normalized spacial score (nSPS) is 21.2. The van der Waals surface area contributed by atoms with Gasteiger partial charge >= 0.3 is 0 Å². The fraction of sp³-hybridized carbons (Fsp3) is 0.385. The van der Waals surface area contributed by atoms with Crippen LogP contribution in [0.3, 0.4) is 0 Å². The molecule has 2 unspecified atom stereocenters. The van der Waals surface area contributed by atoms with Gasteiger partial charge in [-0.05, 0) is 50.1 Å². The molecule has 1 N–H and O–H groups in total.